The number of nitrogens with one attached hydrogen (secondary N) is 1. The highest BCUT2D eigenvalue weighted by atomic mass is 32.2. The standard InChI is InChI=1S/C18H19N3O4S/c1-14(25-17-10-6-9-16(11-17)12-19)18(22)20-26(23,24)21(2)13-15-7-4-3-5-8-15/h3-11,14H,13H2,1-2H3,(H,20,22). The Morgan fingerprint density at radius 3 is 2.58 bits per heavy atom. The van der Waals surface area contributed by atoms with Crippen LogP contribution in [-0.4, -0.2) is 31.8 Å². The van der Waals surface area contributed by atoms with Crippen molar-refractivity contribution in [2.75, 3.05) is 7.05 Å². The van der Waals surface area contributed by atoms with Crippen molar-refractivity contribution in [3.8, 4) is 11.8 Å². The van der Waals surface area contributed by atoms with Crippen LogP contribution >= 0.6 is 0 Å². The van der Waals surface area contributed by atoms with Crippen molar-refractivity contribution in [1.82, 2.24) is 9.03 Å². The Morgan fingerprint density at radius 2 is 1.92 bits per heavy atom. The zero-order valence-electron chi connectivity index (χ0n) is 14.4. The fourth-order valence-electron chi connectivity index (χ4n) is 2.11. The predicted octanol–water partition coefficient (Wildman–Crippen LogP) is 1.82. The molecule has 26 heavy (non-hydrogen) atoms. The summed E-state index contributed by atoms with van der Waals surface area (Å²) in [6.07, 6.45) is -1.05. The zero-order chi connectivity index (χ0) is 19.2. The van der Waals surface area contributed by atoms with Crippen LogP contribution in [0.3, 0.4) is 0 Å². The summed E-state index contributed by atoms with van der Waals surface area (Å²) in [5, 5.41) is 8.87. The molecule has 0 fully saturated rings. The first-order valence-electron chi connectivity index (χ1n) is 7.80. The van der Waals surface area contributed by atoms with Gasteiger partial charge in [-0.2, -0.15) is 18.0 Å². The van der Waals surface area contributed by atoms with Crippen molar-refractivity contribution in [3.05, 3.63) is 65.7 Å². The van der Waals surface area contributed by atoms with Gasteiger partial charge in [-0.15, -0.1) is 0 Å². The number of carbonyl (C=O) groups excluding carboxylic acids is 1. The van der Waals surface area contributed by atoms with Crippen LogP contribution in [0.5, 0.6) is 5.75 Å². The van der Waals surface area contributed by atoms with E-state index in [2.05, 4.69) is 0 Å². The first kappa shape index (κ1) is 19.4. The predicted molar refractivity (Wildman–Crippen MR) is 96.2 cm³/mol. The Labute approximate surface area is 153 Å². The van der Waals surface area contributed by atoms with E-state index >= 15 is 0 Å². The molecule has 0 saturated carbocycles. The van der Waals surface area contributed by atoms with Crippen molar-refractivity contribution in [2.45, 2.75) is 19.6 Å². The second kappa shape index (κ2) is 8.47. The monoisotopic (exact) mass is 373 g/mol. The molecule has 0 aliphatic rings. The largest absolute Gasteiger partial charge is 0.481 e. The average molecular weight is 373 g/mol. The minimum Gasteiger partial charge on any atom is -0.481 e. The van der Waals surface area contributed by atoms with E-state index < -0.39 is 22.2 Å². The van der Waals surface area contributed by atoms with Crippen LogP contribution in [0.4, 0.5) is 0 Å². The molecular weight excluding hydrogens is 354 g/mol. The van der Waals surface area contributed by atoms with Crippen molar-refractivity contribution >= 4 is 16.1 Å². The maximum absolute atomic E-state index is 12.3. The van der Waals surface area contributed by atoms with Gasteiger partial charge in [0.25, 0.3) is 5.91 Å². The van der Waals surface area contributed by atoms with E-state index in [1.54, 1.807) is 42.5 Å². The lowest BCUT2D eigenvalue weighted by Gasteiger charge is -2.20. The molecular formula is C18H19N3O4S. The van der Waals surface area contributed by atoms with Crippen molar-refractivity contribution in [1.29, 1.82) is 5.26 Å². The first-order valence-corrected chi connectivity index (χ1v) is 9.24. The Morgan fingerprint density at radius 1 is 1.23 bits per heavy atom. The smallest absolute Gasteiger partial charge is 0.303 e. The number of rotatable bonds is 7. The number of hydrogen-bond acceptors (Lipinski definition) is 5. The van der Waals surface area contributed by atoms with E-state index in [1.165, 1.54) is 20.0 Å². The highest BCUT2D eigenvalue weighted by molar-refractivity contribution is 7.87. The van der Waals surface area contributed by atoms with Crippen LogP contribution in [0, 0.1) is 11.3 Å². The van der Waals surface area contributed by atoms with Gasteiger partial charge in [-0.25, -0.2) is 4.72 Å². The zero-order valence-corrected chi connectivity index (χ0v) is 15.2. The topological polar surface area (TPSA) is 99.5 Å². The van der Waals surface area contributed by atoms with E-state index in [1.807, 2.05) is 16.9 Å². The van der Waals surface area contributed by atoms with E-state index in [-0.39, 0.29) is 6.54 Å². The van der Waals surface area contributed by atoms with E-state index in [0.717, 1.165) is 9.87 Å². The summed E-state index contributed by atoms with van der Waals surface area (Å²) in [5.41, 5.74) is 1.18. The highest BCUT2D eigenvalue weighted by Crippen LogP contribution is 2.14. The number of carbonyl (C=O) groups is 1. The minimum absolute atomic E-state index is 0.128. The maximum Gasteiger partial charge on any atom is 0.303 e. The minimum atomic E-state index is -4.01. The van der Waals surface area contributed by atoms with Crippen molar-refractivity contribution < 1.29 is 17.9 Å². The molecule has 2 rings (SSSR count). The van der Waals surface area contributed by atoms with Crippen LogP contribution < -0.4 is 9.46 Å². The lowest BCUT2D eigenvalue weighted by Crippen LogP contribution is -2.46. The summed E-state index contributed by atoms with van der Waals surface area (Å²) in [5.74, 6) is -0.492. The SMILES string of the molecule is CC(Oc1cccc(C#N)c1)C(=O)NS(=O)(=O)N(C)Cc1ccccc1. The molecule has 1 N–H and O–H groups in total. The molecule has 1 unspecified atom stereocenters. The molecule has 0 spiro atoms. The van der Waals surface area contributed by atoms with Gasteiger partial charge in [0.05, 0.1) is 11.6 Å². The molecule has 2 aromatic rings. The van der Waals surface area contributed by atoms with Crippen LogP contribution in [0.15, 0.2) is 54.6 Å². The molecule has 136 valence electrons. The lowest BCUT2D eigenvalue weighted by atomic mass is 10.2. The summed E-state index contributed by atoms with van der Waals surface area (Å²) in [7, 11) is -2.63. The van der Waals surface area contributed by atoms with Crippen molar-refractivity contribution in [3.63, 3.8) is 0 Å². The molecule has 8 heteroatoms. The molecule has 0 heterocycles. The second-order valence-corrected chi connectivity index (χ2v) is 7.39. The van der Waals surface area contributed by atoms with Gasteiger partial charge in [0.2, 0.25) is 0 Å². The summed E-state index contributed by atoms with van der Waals surface area (Å²) < 4.78 is 33.1. The summed E-state index contributed by atoms with van der Waals surface area (Å²) >= 11 is 0. The van der Waals surface area contributed by atoms with Gasteiger partial charge in [0.15, 0.2) is 6.10 Å². The average Bonchev–Trinajstić information content (AvgIpc) is 2.62. The van der Waals surface area contributed by atoms with Crippen molar-refractivity contribution in [2.24, 2.45) is 0 Å². The van der Waals surface area contributed by atoms with E-state index in [4.69, 9.17) is 10.00 Å². The molecule has 0 radical (unpaired) electrons. The molecule has 0 bridgehead atoms. The normalized spacial score (nSPS) is 12.2. The third kappa shape index (κ3) is 5.31. The molecule has 0 aliphatic carbocycles. The Hall–Kier alpha value is -2.89. The van der Waals surface area contributed by atoms with Gasteiger partial charge in [-0.05, 0) is 30.7 Å². The van der Waals surface area contributed by atoms with Crippen LogP contribution in [0.25, 0.3) is 0 Å². The van der Waals surface area contributed by atoms with Crippen LogP contribution in [0.2, 0.25) is 0 Å². The number of amides is 1. The third-order valence-electron chi connectivity index (χ3n) is 3.53. The fourth-order valence-corrected chi connectivity index (χ4v) is 3.01. The van der Waals surface area contributed by atoms with E-state index in [9.17, 15) is 13.2 Å². The number of nitrogens with zero attached hydrogens (tertiary/aromatic N) is 2. The van der Waals surface area contributed by atoms with Crippen LogP contribution in [-0.2, 0) is 21.5 Å². The van der Waals surface area contributed by atoms with Gasteiger partial charge in [0, 0.05) is 13.6 Å². The molecule has 0 aromatic heterocycles. The fraction of sp³-hybridized carbons (Fsp3) is 0.222. The Bertz CT molecular complexity index is 908. The Balaban J connectivity index is 1.99. The number of nitriles is 1. The summed E-state index contributed by atoms with van der Waals surface area (Å²) in [6.45, 7) is 1.56. The molecule has 0 aliphatic heterocycles. The van der Waals surface area contributed by atoms with E-state index in [0.29, 0.717) is 11.3 Å². The van der Waals surface area contributed by atoms with Gasteiger partial charge in [0.1, 0.15) is 5.75 Å². The van der Waals surface area contributed by atoms with Gasteiger partial charge in [-0.3, -0.25) is 4.79 Å². The highest BCUT2D eigenvalue weighted by Gasteiger charge is 2.25. The number of hydrogen-bond donors (Lipinski definition) is 1. The molecule has 1 amide bonds. The van der Waals surface area contributed by atoms with Gasteiger partial charge >= 0.3 is 10.2 Å². The lowest BCUT2D eigenvalue weighted by molar-refractivity contribution is -0.125. The van der Waals surface area contributed by atoms with Crippen LogP contribution in [0.1, 0.15) is 18.1 Å². The summed E-state index contributed by atoms with van der Waals surface area (Å²) in [6, 6.07) is 17.3. The van der Waals surface area contributed by atoms with Gasteiger partial charge < -0.3 is 4.74 Å². The quantitative estimate of drug-likeness (QED) is 0.798. The molecule has 1 atom stereocenters. The number of benzene rings is 2. The maximum atomic E-state index is 12.3. The molecule has 7 nitrogen and oxygen atoms in total. The molecule has 2 aromatic carbocycles. The number of ether oxygens (including phenoxy) is 1. The second-order valence-electron chi connectivity index (χ2n) is 5.61. The molecule has 0 saturated heterocycles. The third-order valence-corrected chi connectivity index (χ3v) is 4.94. The Kier molecular flexibility index (Phi) is 6.33. The van der Waals surface area contributed by atoms with Gasteiger partial charge in [-0.1, -0.05) is 36.4 Å². The summed E-state index contributed by atoms with van der Waals surface area (Å²) in [4.78, 5) is 12.2. The first-order chi connectivity index (χ1) is 12.3.